The largest absolute Gasteiger partial charge is 0.381 e. The molecule has 1 aliphatic carbocycles. The zero-order valence-corrected chi connectivity index (χ0v) is 16.6. The minimum atomic E-state index is -0.350. The number of hydrogen-bond acceptors (Lipinski definition) is 3. The van der Waals surface area contributed by atoms with E-state index in [0.717, 1.165) is 44.6 Å². The Kier molecular flexibility index (Phi) is 6.25. The molecule has 1 heterocycles. The van der Waals surface area contributed by atoms with Gasteiger partial charge in [-0.25, -0.2) is 0 Å². The Bertz CT molecular complexity index is 815. The summed E-state index contributed by atoms with van der Waals surface area (Å²) in [4.78, 5) is 28.0. The van der Waals surface area contributed by atoms with E-state index in [-0.39, 0.29) is 24.3 Å². The lowest BCUT2D eigenvalue weighted by atomic mass is 10.0. The van der Waals surface area contributed by atoms with Crippen LogP contribution in [0.3, 0.4) is 0 Å². The minimum Gasteiger partial charge on any atom is -0.381 e. The second-order valence-corrected chi connectivity index (χ2v) is 8.01. The summed E-state index contributed by atoms with van der Waals surface area (Å²) in [5.41, 5.74) is 1.55. The van der Waals surface area contributed by atoms with E-state index in [9.17, 15) is 9.59 Å². The average Bonchev–Trinajstić information content (AvgIpc) is 3.47. The van der Waals surface area contributed by atoms with Crippen LogP contribution in [0.15, 0.2) is 60.7 Å². The van der Waals surface area contributed by atoms with Crippen molar-refractivity contribution in [3.63, 3.8) is 0 Å². The second-order valence-electron chi connectivity index (χ2n) is 8.01. The summed E-state index contributed by atoms with van der Waals surface area (Å²) in [6, 6.07) is 18.9. The first-order chi connectivity index (χ1) is 14.2. The average molecular weight is 392 g/mol. The van der Waals surface area contributed by atoms with Gasteiger partial charge in [0.1, 0.15) is 0 Å². The number of ether oxygens (including phenoxy) is 1. The minimum absolute atomic E-state index is 0.113. The number of rotatable bonds is 8. The van der Waals surface area contributed by atoms with E-state index < -0.39 is 0 Å². The highest BCUT2D eigenvalue weighted by Crippen LogP contribution is 2.31. The maximum absolute atomic E-state index is 13.2. The van der Waals surface area contributed by atoms with Crippen molar-refractivity contribution in [2.45, 2.75) is 37.8 Å². The highest BCUT2D eigenvalue weighted by atomic mass is 16.5. The molecule has 1 saturated carbocycles. The quantitative estimate of drug-likeness (QED) is 0.747. The number of amides is 2. The summed E-state index contributed by atoms with van der Waals surface area (Å²) in [6.07, 6.45) is 3.44. The van der Waals surface area contributed by atoms with Crippen molar-refractivity contribution in [1.29, 1.82) is 0 Å². The molecule has 2 aliphatic rings. The Morgan fingerprint density at radius 2 is 1.69 bits per heavy atom. The molecule has 152 valence electrons. The summed E-state index contributed by atoms with van der Waals surface area (Å²) in [5.74, 6) is 0.379. The lowest BCUT2D eigenvalue weighted by molar-refractivity contribution is -0.133. The molecule has 5 heteroatoms. The van der Waals surface area contributed by atoms with Gasteiger partial charge in [0.25, 0.3) is 5.91 Å². The van der Waals surface area contributed by atoms with Gasteiger partial charge in [-0.05, 0) is 37.0 Å². The zero-order chi connectivity index (χ0) is 20.1. The molecule has 2 amide bonds. The topological polar surface area (TPSA) is 58.6 Å². The van der Waals surface area contributed by atoms with E-state index in [1.54, 1.807) is 12.1 Å². The smallest absolute Gasteiger partial charge is 0.251 e. The third-order valence-electron chi connectivity index (χ3n) is 5.71. The maximum Gasteiger partial charge on any atom is 0.251 e. The highest BCUT2D eigenvalue weighted by Gasteiger charge is 2.35. The summed E-state index contributed by atoms with van der Waals surface area (Å²) in [6.45, 7) is 2.29. The molecular weight excluding hydrogens is 364 g/mol. The van der Waals surface area contributed by atoms with Crippen LogP contribution in [-0.2, 0) is 9.53 Å². The van der Waals surface area contributed by atoms with Crippen molar-refractivity contribution in [2.24, 2.45) is 5.92 Å². The number of benzene rings is 2. The molecular formula is C24H28N2O3. The van der Waals surface area contributed by atoms with E-state index >= 15 is 0 Å². The Balaban J connectivity index is 1.48. The molecule has 0 spiro atoms. The summed E-state index contributed by atoms with van der Waals surface area (Å²) < 4.78 is 5.49. The number of carbonyl (C=O) groups excluding carboxylic acids is 2. The summed E-state index contributed by atoms with van der Waals surface area (Å²) in [7, 11) is 0. The fraction of sp³-hybridized carbons (Fsp3) is 0.417. The maximum atomic E-state index is 13.2. The normalized spacial score (nSPS) is 19.5. The van der Waals surface area contributed by atoms with Crippen LogP contribution >= 0.6 is 0 Å². The first kappa shape index (κ1) is 19.6. The van der Waals surface area contributed by atoms with Gasteiger partial charge < -0.3 is 15.0 Å². The number of hydrogen-bond donors (Lipinski definition) is 1. The molecule has 2 aromatic rings. The molecule has 4 rings (SSSR count). The van der Waals surface area contributed by atoms with Crippen molar-refractivity contribution in [3.05, 3.63) is 71.8 Å². The van der Waals surface area contributed by atoms with Gasteiger partial charge in [-0.3, -0.25) is 9.59 Å². The predicted octanol–water partition coefficient (Wildman–Crippen LogP) is 3.58. The number of carbonyl (C=O) groups is 2. The fourth-order valence-electron chi connectivity index (χ4n) is 3.91. The van der Waals surface area contributed by atoms with Gasteiger partial charge in [0.05, 0.1) is 19.1 Å². The number of nitrogens with one attached hydrogen (secondary N) is 1. The van der Waals surface area contributed by atoms with Crippen LogP contribution in [0.2, 0.25) is 0 Å². The van der Waals surface area contributed by atoms with Crippen molar-refractivity contribution >= 4 is 11.8 Å². The molecule has 1 N–H and O–H groups in total. The Hall–Kier alpha value is -2.66. The molecule has 0 aromatic heterocycles. The molecule has 2 fully saturated rings. The van der Waals surface area contributed by atoms with Crippen molar-refractivity contribution in [3.8, 4) is 0 Å². The van der Waals surface area contributed by atoms with Crippen LogP contribution in [-0.4, -0.2) is 42.5 Å². The predicted molar refractivity (Wildman–Crippen MR) is 111 cm³/mol. The lowest BCUT2D eigenvalue weighted by Gasteiger charge is -2.28. The van der Waals surface area contributed by atoms with Crippen LogP contribution in [0.1, 0.15) is 47.6 Å². The summed E-state index contributed by atoms with van der Waals surface area (Å²) >= 11 is 0. The van der Waals surface area contributed by atoms with Crippen molar-refractivity contribution < 1.29 is 14.3 Å². The molecule has 29 heavy (non-hydrogen) atoms. The first-order valence-electron chi connectivity index (χ1n) is 10.5. The molecule has 2 atom stereocenters. The first-order valence-corrected chi connectivity index (χ1v) is 10.5. The van der Waals surface area contributed by atoms with Crippen LogP contribution in [0.25, 0.3) is 0 Å². The zero-order valence-electron chi connectivity index (χ0n) is 16.6. The van der Waals surface area contributed by atoms with Gasteiger partial charge in [0.2, 0.25) is 5.91 Å². The highest BCUT2D eigenvalue weighted by molar-refractivity contribution is 5.94. The fourth-order valence-corrected chi connectivity index (χ4v) is 3.91. The Labute approximate surface area is 172 Å². The van der Waals surface area contributed by atoms with E-state index in [4.69, 9.17) is 4.74 Å². The molecule has 0 radical (unpaired) electrons. The monoisotopic (exact) mass is 392 g/mol. The SMILES string of the molecule is O=C(N[C@@H](CC(=O)N(C[C@H]1CCOC1)C1CC1)c1ccccc1)c1ccccc1. The van der Waals surface area contributed by atoms with Gasteiger partial charge in [0, 0.05) is 30.7 Å². The van der Waals surface area contributed by atoms with Gasteiger partial charge in [-0.2, -0.15) is 0 Å². The van der Waals surface area contributed by atoms with Crippen molar-refractivity contribution in [1.82, 2.24) is 10.2 Å². The van der Waals surface area contributed by atoms with Crippen molar-refractivity contribution in [2.75, 3.05) is 19.8 Å². The summed E-state index contributed by atoms with van der Waals surface area (Å²) in [5, 5.41) is 3.08. The lowest BCUT2D eigenvalue weighted by Crippen LogP contribution is -2.40. The molecule has 0 unspecified atom stereocenters. The van der Waals surface area contributed by atoms with Crippen LogP contribution in [0, 0.1) is 5.92 Å². The second kappa shape index (κ2) is 9.23. The molecule has 1 aliphatic heterocycles. The van der Waals surface area contributed by atoms with Gasteiger partial charge >= 0.3 is 0 Å². The molecule has 5 nitrogen and oxygen atoms in total. The van der Waals surface area contributed by atoms with Crippen LogP contribution < -0.4 is 5.32 Å². The Morgan fingerprint density at radius 3 is 2.31 bits per heavy atom. The third kappa shape index (κ3) is 5.24. The number of nitrogens with zero attached hydrogens (tertiary/aromatic N) is 1. The van der Waals surface area contributed by atoms with E-state index in [1.165, 1.54) is 0 Å². The van der Waals surface area contributed by atoms with E-state index in [2.05, 4.69) is 5.32 Å². The molecule has 1 saturated heterocycles. The van der Waals surface area contributed by atoms with Gasteiger partial charge in [0.15, 0.2) is 0 Å². The van der Waals surface area contributed by atoms with E-state index in [1.807, 2.05) is 53.4 Å². The standard InChI is InChI=1S/C24H28N2O3/c27-23(26(21-11-12-21)16-18-13-14-29-17-18)15-22(19-7-3-1-4-8-19)25-24(28)20-9-5-2-6-10-20/h1-10,18,21-22H,11-17H2,(H,25,28)/t18-,22+/m1/s1. The molecule has 0 bridgehead atoms. The van der Waals surface area contributed by atoms with Crippen LogP contribution in [0.5, 0.6) is 0 Å². The van der Waals surface area contributed by atoms with Gasteiger partial charge in [-0.15, -0.1) is 0 Å². The third-order valence-corrected chi connectivity index (χ3v) is 5.71. The van der Waals surface area contributed by atoms with E-state index in [0.29, 0.717) is 17.5 Å². The van der Waals surface area contributed by atoms with Crippen LogP contribution in [0.4, 0.5) is 0 Å². The molecule has 2 aromatic carbocycles. The van der Waals surface area contributed by atoms with Gasteiger partial charge in [-0.1, -0.05) is 48.5 Å². The Morgan fingerprint density at radius 1 is 1.00 bits per heavy atom.